The number of fused-ring (bicyclic) bond motifs is 2. The number of ether oxygens (including phenoxy) is 1. The molecule has 5 rings (SSSR count). The molecule has 1 saturated heterocycles. The Morgan fingerprint density at radius 1 is 1.19 bits per heavy atom. The number of carbonyl (C=O) groups is 1. The number of morpholine rings is 1. The van der Waals surface area contributed by atoms with Crippen LogP contribution in [-0.4, -0.2) is 64.6 Å². The molecule has 0 radical (unpaired) electrons. The molecule has 32 heavy (non-hydrogen) atoms. The quantitative estimate of drug-likeness (QED) is 0.439. The van der Waals surface area contributed by atoms with E-state index in [9.17, 15) is 9.18 Å². The van der Waals surface area contributed by atoms with E-state index >= 15 is 0 Å². The summed E-state index contributed by atoms with van der Waals surface area (Å²) in [6.07, 6.45) is 1.83. The van der Waals surface area contributed by atoms with E-state index in [0.29, 0.717) is 58.7 Å². The van der Waals surface area contributed by atoms with E-state index in [1.807, 2.05) is 37.4 Å². The molecule has 3 aromatic heterocycles. The second-order valence-electron chi connectivity index (χ2n) is 7.47. The number of thiazole rings is 1. The fourth-order valence-electron chi connectivity index (χ4n) is 3.87. The first-order chi connectivity index (χ1) is 15.1. The largest absolute Gasteiger partial charge is 0.379 e. The second kappa shape index (κ2) is 9.50. The number of aryl methyl sites for hydroxylation is 1. The van der Waals surface area contributed by atoms with Gasteiger partial charge in [0.05, 0.1) is 23.6 Å². The summed E-state index contributed by atoms with van der Waals surface area (Å²) >= 11 is 1.32. The number of anilines is 1. The zero-order chi connectivity index (χ0) is 21.4. The molecule has 0 bridgehead atoms. The van der Waals surface area contributed by atoms with Crippen molar-refractivity contribution in [3.8, 4) is 0 Å². The van der Waals surface area contributed by atoms with Gasteiger partial charge in [-0.3, -0.25) is 19.0 Å². The predicted molar refractivity (Wildman–Crippen MR) is 126 cm³/mol. The van der Waals surface area contributed by atoms with Crippen LogP contribution in [0.2, 0.25) is 0 Å². The van der Waals surface area contributed by atoms with Crippen LogP contribution in [0.5, 0.6) is 0 Å². The lowest BCUT2D eigenvalue weighted by atomic mass is 10.3. The molecule has 4 heterocycles. The van der Waals surface area contributed by atoms with Gasteiger partial charge in [-0.15, -0.1) is 12.4 Å². The first-order valence-corrected chi connectivity index (χ1v) is 11.0. The van der Waals surface area contributed by atoms with Crippen molar-refractivity contribution < 1.29 is 13.9 Å². The maximum atomic E-state index is 14.3. The van der Waals surface area contributed by atoms with Gasteiger partial charge in [-0.25, -0.2) is 14.4 Å². The highest BCUT2D eigenvalue weighted by Gasteiger charge is 2.27. The van der Waals surface area contributed by atoms with Crippen molar-refractivity contribution in [3.63, 3.8) is 0 Å². The first-order valence-electron chi connectivity index (χ1n) is 10.2. The van der Waals surface area contributed by atoms with Gasteiger partial charge in [-0.05, 0) is 31.2 Å². The standard InChI is InChI=1S/C22H22FN5O2S.ClH/c1-15-20(27-8-3-2-7-18(27)24-15)21(29)28(10-9-26-11-13-30-14-12-26)22-25-19-16(23)5-4-6-17(19)31-22;/h2-8H,9-14H2,1H3;1H. The number of rotatable bonds is 5. The molecule has 1 aromatic carbocycles. The van der Waals surface area contributed by atoms with Gasteiger partial charge in [-0.2, -0.15) is 0 Å². The maximum Gasteiger partial charge on any atom is 0.279 e. The topological polar surface area (TPSA) is 63.0 Å². The molecule has 0 spiro atoms. The average molecular weight is 476 g/mol. The molecule has 0 unspecified atom stereocenters. The predicted octanol–water partition coefficient (Wildman–Crippen LogP) is 3.79. The van der Waals surface area contributed by atoms with Gasteiger partial charge in [0.2, 0.25) is 0 Å². The van der Waals surface area contributed by atoms with E-state index in [0.717, 1.165) is 13.1 Å². The Balaban J connectivity index is 0.00000245. The number of amides is 1. The summed E-state index contributed by atoms with van der Waals surface area (Å²) < 4.78 is 22.2. The zero-order valence-electron chi connectivity index (χ0n) is 17.5. The molecule has 4 aromatic rings. The van der Waals surface area contributed by atoms with Gasteiger partial charge in [-0.1, -0.05) is 23.5 Å². The summed E-state index contributed by atoms with van der Waals surface area (Å²) in [6, 6.07) is 10.5. The zero-order valence-corrected chi connectivity index (χ0v) is 19.2. The Labute approximate surface area is 194 Å². The lowest BCUT2D eigenvalue weighted by Crippen LogP contribution is -2.43. The lowest BCUT2D eigenvalue weighted by molar-refractivity contribution is 0.0391. The van der Waals surface area contributed by atoms with Crippen LogP contribution in [0.3, 0.4) is 0 Å². The minimum Gasteiger partial charge on any atom is -0.379 e. The molecular weight excluding hydrogens is 453 g/mol. The van der Waals surface area contributed by atoms with Crippen molar-refractivity contribution in [2.45, 2.75) is 6.92 Å². The highest BCUT2D eigenvalue weighted by Crippen LogP contribution is 2.31. The van der Waals surface area contributed by atoms with Crippen molar-refractivity contribution in [2.75, 3.05) is 44.3 Å². The molecule has 10 heteroatoms. The number of halogens is 2. The van der Waals surface area contributed by atoms with E-state index in [1.165, 1.54) is 17.4 Å². The minimum absolute atomic E-state index is 0. The number of imidazole rings is 1. The number of pyridine rings is 1. The monoisotopic (exact) mass is 475 g/mol. The molecule has 1 amide bonds. The number of hydrogen-bond donors (Lipinski definition) is 0. The van der Waals surface area contributed by atoms with E-state index in [4.69, 9.17) is 4.74 Å². The van der Waals surface area contributed by atoms with Crippen molar-refractivity contribution in [3.05, 3.63) is 59.8 Å². The van der Waals surface area contributed by atoms with Crippen molar-refractivity contribution >= 4 is 50.6 Å². The lowest BCUT2D eigenvalue weighted by Gasteiger charge is -2.29. The van der Waals surface area contributed by atoms with Crippen LogP contribution in [-0.2, 0) is 4.74 Å². The molecule has 7 nitrogen and oxygen atoms in total. The Morgan fingerprint density at radius 2 is 2.00 bits per heavy atom. The van der Waals surface area contributed by atoms with Crippen LogP contribution in [0.1, 0.15) is 16.2 Å². The van der Waals surface area contributed by atoms with Crippen LogP contribution >= 0.6 is 23.7 Å². The molecular formula is C22H23ClFN5O2S. The molecule has 1 fully saturated rings. The van der Waals surface area contributed by atoms with Gasteiger partial charge in [0.15, 0.2) is 5.13 Å². The van der Waals surface area contributed by atoms with Crippen LogP contribution in [0.15, 0.2) is 42.6 Å². The van der Waals surface area contributed by atoms with Gasteiger partial charge < -0.3 is 4.74 Å². The Kier molecular flexibility index (Phi) is 6.71. The highest BCUT2D eigenvalue weighted by molar-refractivity contribution is 7.22. The normalized spacial score (nSPS) is 14.6. The van der Waals surface area contributed by atoms with Crippen LogP contribution < -0.4 is 4.90 Å². The molecule has 0 saturated carbocycles. The Bertz CT molecular complexity index is 1250. The number of hydrogen-bond acceptors (Lipinski definition) is 6. The fraction of sp³-hybridized carbons (Fsp3) is 0.318. The maximum absolute atomic E-state index is 14.3. The fourth-order valence-corrected chi connectivity index (χ4v) is 4.87. The van der Waals surface area contributed by atoms with E-state index in [1.54, 1.807) is 15.4 Å². The SMILES string of the molecule is Cc1nc2ccccn2c1C(=O)N(CCN1CCOCC1)c1nc2c(F)cccc2s1.Cl. The van der Waals surface area contributed by atoms with E-state index < -0.39 is 0 Å². The summed E-state index contributed by atoms with van der Waals surface area (Å²) in [5, 5.41) is 0.489. The number of aromatic nitrogens is 3. The van der Waals surface area contributed by atoms with Crippen molar-refractivity contribution in [1.82, 2.24) is 19.3 Å². The summed E-state index contributed by atoms with van der Waals surface area (Å²) in [5.74, 6) is -0.574. The summed E-state index contributed by atoms with van der Waals surface area (Å²) in [6.45, 7) is 5.98. The van der Waals surface area contributed by atoms with Crippen LogP contribution in [0.25, 0.3) is 15.9 Å². The highest BCUT2D eigenvalue weighted by atomic mass is 35.5. The van der Waals surface area contributed by atoms with Crippen molar-refractivity contribution in [1.29, 1.82) is 0 Å². The molecule has 0 aliphatic carbocycles. The number of carbonyl (C=O) groups excluding carboxylic acids is 1. The average Bonchev–Trinajstić information content (AvgIpc) is 3.35. The molecule has 1 aliphatic heterocycles. The third-order valence-corrected chi connectivity index (χ3v) is 6.53. The van der Waals surface area contributed by atoms with E-state index in [2.05, 4.69) is 14.9 Å². The Hall–Kier alpha value is -2.59. The molecule has 0 N–H and O–H groups in total. The molecule has 168 valence electrons. The van der Waals surface area contributed by atoms with Gasteiger partial charge >= 0.3 is 0 Å². The summed E-state index contributed by atoms with van der Waals surface area (Å²) in [4.78, 5) is 26.7. The number of para-hydroxylation sites is 1. The smallest absolute Gasteiger partial charge is 0.279 e. The van der Waals surface area contributed by atoms with Crippen LogP contribution in [0.4, 0.5) is 9.52 Å². The van der Waals surface area contributed by atoms with Crippen molar-refractivity contribution in [2.24, 2.45) is 0 Å². The molecule has 1 aliphatic rings. The van der Waals surface area contributed by atoms with Gasteiger partial charge in [0.25, 0.3) is 5.91 Å². The first kappa shape index (κ1) is 22.6. The number of benzene rings is 1. The summed E-state index contributed by atoms with van der Waals surface area (Å²) in [7, 11) is 0. The van der Waals surface area contributed by atoms with Gasteiger partial charge in [0, 0.05) is 32.4 Å². The number of nitrogens with zero attached hydrogens (tertiary/aromatic N) is 5. The molecule has 0 atom stereocenters. The Morgan fingerprint density at radius 3 is 2.78 bits per heavy atom. The minimum atomic E-state index is -0.383. The summed E-state index contributed by atoms with van der Waals surface area (Å²) in [5.41, 5.74) is 2.16. The van der Waals surface area contributed by atoms with Crippen LogP contribution in [0, 0.1) is 12.7 Å². The van der Waals surface area contributed by atoms with Gasteiger partial charge in [0.1, 0.15) is 22.7 Å². The third kappa shape index (κ3) is 4.21. The third-order valence-electron chi connectivity index (χ3n) is 5.48. The van der Waals surface area contributed by atoms with E-state index in [-0.39, 0.29) is 24.1 Å². The second-order valence-corrected chi connectivity index (χ2v) is 8.48.